The molecule has 2 N–H and O–H groups in total. The summed E-state index contributed by atoms with van der Waals surface area (Å²) in [7, 11) is 0. The standard InChI is InChI=1S/C12H22N2/c13-11-2-1-3-12(11)14(10-6-7-10)8-9-4-5-9/h9-12H,1-8,13H2. The molecule has 0 aliphatic heterocycles. The van der Waals surface area contributed by atoms with Gasteiger partial charge < -0.3 is 5.73 Å². The molecule has 2 nitrogen and oxygen atoms in total. The Bertz CT molecular complexity index is 208. The summed E-state index contributed by atoms with van der Waals surface area (Å²) >= 11 is 0. The molecule has 2 unspecified atom stereocenters. The van der Waals surface area contributed by atoms with E-state index in [1.807, 2.05) is 0 Å². The molecule has 0 amide bonds. The fraction of sp³-hybridized carbons (Fsp3) is 1.00. The van der Waals surface area contributed by atoms with Crippen LogP contribution in [0.5, 0.6) is 0 Å². The summed E-state index contributed by atoms with van der Waals surface area (Å²) in [6.45, 7) is 1.36. The van der Waals surface area contributed by atoms with E-state index in [-0.39, 0.29) is 0 Å². The highest BCUT2D eigenvalue weighted by Crippen LogP contribution is 2.38. The Morgan fingerprint density at radius 2 is 1.79 bits per heavy atom. The van der Waals surface area contributed by atoms with Crippen LogP contribution in [0.25, 0.3) is 0 Å². The molecule has 80 valence electrons. The Morgan fingerprint density at radius 3 is 2.29 bits per heavy atom. The number of hydrogen-bond acceptors (Lipinski definition) is 2. The van der Waals surface area contributed by atoms with Crippen LogP contribution in [0.4, 0.5) is 0 Å². The molecule has 0 aromatic carbocycles. The zero-order valence-electron chi connectivity index (χ0n) is 8.99. The minimum absolute atomic E-state index is 0.481. The van der Waals surface area contributed by atoms with Crippen molar-refractivity contribution >= 4 is 0 Å². The summed E-state index contributed by atoms with van der Waals surface area (Å²) in [6, 6.07) is 2.14. The van der Waals surface area contributed by atoms with Gasteiger partial charge in [-0.15, -0.1) is 0 Å². The van der Waals surface area contributed by atoms with Crippen LogP contribution in [0.3, 0.4) is 0 Å². The van der Waals surface area contributed by atoms with Gasteiger partial charge in [-0.25, -0.2) is 0 Å². The van der Waals surface area contributed by atoms with Gasteiger partial charge in [0.25, 0.3) is 0 Å². The molecule has 0 radical (unpaired) electrons. The van der Waals surface area contributed by atoms with Crippen molar-refractivity contribution in [2.24, 2.45) is 11.7 Å². The van der Waals surface area contributed by atoms with E-state index in [1.54, 1.807) is 0 Å². The summed E-state index contributed by atoms with van der Waals surface area (Å²) in [4.78, 5) is 2.77. The van der Waals surface area contributed by atoms with Crippen molar-refractivity contribution in [3.8, 4) is 0 Å². The van der Waals surface area contributed by atoms with Gasteiger partial charge in [-0.2, -0.15) is 0 Å². The predicted octanol–water partition coefficient (Wildman–Crippen LogP) is 1.74. The van der Waals surface area contributed by atoms with Gasteiger partial charge in [-0.05, 0) is 44.4 Å². The van der Waals surface area contributed by atoms with Crippen molar-refractivity contribution in [2.75, 3.05) is 6.54 Å². The first-order valence-corrected chi connectivity index (χ1v) is 6.36. The minimum atomic E-state index is 0.481. The van der Waals surface area contributed by atoms with E-state index in [0.717, 1.165) is 18.0 Å². The molecule has 3 saturated carbocycles. The second-order valence-corrected chi connectivity index (χ2v) is 5.53. The third-order valence-corrected chi connectivity index (χ3v) is 4.14. The lowest BCUT2D eigenvalue weighted by Gasteiger charge is -2.31. The highest BCUT2D eigenvalue weighted by atomic mass is 15.2. The Labute approximate surface area is 86.8 Å². The van der Waals surface area contributed by atoms with E-state index in [9.17, 15) is 0 Å². The molecular weight excluding hydrogens is 172 g/mol. The van der Waals surface area contributed by atoms with Crippen molar-refractivity contribution in [3.05, 3.63) is 0 Å². The quantitative estimate of drug-likeness (QED) is 0.738. The SMILES string of the molecule is NC1CCCC1N(CC1CC1)C1CC1. The Hall–Kier alpha value is -0.0800. The molecular formula is C12H22N2. The number of rotatable bonds is 4. The lowest BCUT2D eigenvalue weighted by molar-refractivity contribution is 0.167. The third-order valence-electron chi connectivity index (χ3n) is 4.14. The number of hydrogen-bond donors (Lipinski definition) is 1. The smallest absolute Gasteiger partial charge is 0.0250 e. The number of nitrogens with zero attached hydrogens (tertiary/aromatic N) is 1. The highest BCUT2D eigenvalue weighted by Gasteiger charge is 2.40. The molecule has 0 aromatic rings. The van der Waals surface area contributed by atoms with Crippen LogP contribution >= 0.6 is 0 Å². The van der Waals surface area contributed by atoms with Crippen molar-refractivity contribution in [3.63, 3.8) is 0 Å². The van der Waals surface area contributed by atoms with E-state index in [1.165, 1.54) is 51.5 Å². The zero-order valence-corrected chi connectivity index (χ0v) is 8.99. The second-order valence-electron chi connectivity index (χ2n) is 5.53. The molecule has 3 fully saturated rings. The van der Waals surface area contributed by atoms with Gasteiger partial charge >= 0.3 is 0 Å². The van der Waals surface area contributed by atoms with E-state index >= 15 is 0 Å². The molecule has 3 aliphatic carbocycles. The molecule has 0 aromatic heterocycles. The zero-order chi connectivity index (χ0) is 9.54. The lowest BCUT2D eigenvalue weighted by atomic mass is 10.1. The van der Waals surface area contributed by atoms with Crippen LogP contribution in [0.15, 0.2) is 0 Å². The summed E-state index contributed by atoms with van der Waals surface area (Å²) in [6.07, 6.45) is 9.82. The monoisotopic (exact) mass is 194 g/mol. The maximum Gasteiger partial charge on any atom is 0.0250 e. The Balaban J connectivity index is 1.63. The lowest BCUT2D eigenvalue weighted by Crippen LogP contribution is -2.46. The molecule has 3 aliphatic rings. The van der Waals surface area contributed by atoms with Crippen molar-refractivity contribution < 1.29 is 0 Å². The van der Waals surface area contributed by atoms with E-state index < -0.39 is 0 Å². The van der Waals surface area contributed by atoms with E-state index in [2.05, 4.69) is 4.90 Å². The fourth-order valence-corrected chi connectivity index (χ4v) is 2.94. The van der Waals surface area contributed by atoms with Crippen LogP contribution in [0.2, 0.25) is 0 Å². The normalized spacial score (nSPS) is 38.1. The van der Waals surface area contributed by atoms with Crippen molar-refractivity contribution in [2.45, 2.75) is 63.1 Å². The van der Waals surface area contributed by atoms with Gasteiger partial charge in [-0.1, -0.05) is 6.42 Å². The van der Waals surface area contributed by atoms with Crippen molar-refractivity contribution in [1.29, 1.82) is 0 Å². The maximum absolute atomic E-state index is 6.20. The van der Waals surface area contributed by atoms with Gasteiger partial charge in [0.15, 0.2) is 0 Å². The first kappa shape index (κ1) is 9.17. The first-order valence-electron chi connectivity index (χ1n) is 6.36. The second kappa shape index (κ2) is 3.49. The molecule has 2 atom stereocenters. The summed E-state index contributed by atoms with van der Waals surface area (Å²) in [5, 5.41) is 0. The van der Waals surface area contributed by atoms with Crippen LogP contribution in [0.1, 0.15) is 44.9 Å². The maximum atomic E-state index is 6.20. The molecule has 0 saturated heterocycles. The Kier molecular flexibility index (Phi) is 2.29. The van der Waals surface area contributed by atoms with E-state index in [4.69, 9.17) is 5.73 Å². The minimum Gasteiger partial charge on any atom is -0.326 e. The molecule has 2 heteroatoms. The third kappa shape index (κ3) is 1.82. The average Bonchev–Trinajstić information content (AvgIpc) is 3.04. The first-order chi connectivity index (χ1) is 6.84. The van der Waals surface area contributed by atoms with Crippen LogP contribution < -0.4 is 5.73 Å². The topological polar surface area (TPSA) is 29.3 Å². The summed E-state index contributed by atoms with van der Waals surface area (Å²) < 4.78 is 0. The highest BCUT2D eigenvalue weighted by molar-refractivity contribution is 4.97. The van der Waals surface area contributed by atoms with Crippen LogP contribution in [-0.4, -0.2) is 29.6 Å². The van der Waals surface area contributed by atoms with Gasteiger partial charge in [-0.3, -0.25) is 4.90 Å². The molecule has 0 heterocycles. The summed E-state index contributed by atoms with van der Waals surface area (Å²) in [5.74, 6) is 1.03. The summed E-state index contributed by atoms with van der Waals surface area (Å²) in [5.41, 5.74) is 6.20. The predicted molar refractivity (Wildman–Crippen MR) is 58.1 cm³/mol. The van der Waals surface area contributed by atoms with Crippen molar-refractivity contribution in [1.82, 2.24) is 4.90 Å². The van der Waals surface area contributed by atoms with Gasteiger partial charge in [0.1, 0.15) is 0 Å². The molecule has 3 rings (SSSR count). The van der Waals surface area contributed by atoms with Gasteiger partial charge in [0.2, 0.25) is 0 Å². The molecule has 0 spiro atoms. The largest absolute Gasteiger partial charge is 0.326 e. The van der Waals surface area contributed by atoms with Gasteiger partial charge in [0.05, 0.1) is 0 Å². The van der Waals surface area contributed by atoms with Gasteiger partial charge in [0, 0.05) is 24.7 Å². The van der Waals surface area contributed by atoms with Crippen LogP contribution in [-0.2, 0) is 0 Å². The van der Waals surface area contributed by atoms with Crippen LogP contribution in [0, 0.1) is 5.92 Å². The Morgan fingerprint density at radius 1 is 1.00 bits per heavy atom. The molecule has 0 bridgehead atoms. The fourth-order valence-electron chi connectivity index (χ4n) is 2.94. The average molecular weight is 194 g/mol. The van der Waals surface area contributed by atoms with E-state index in [0.29, 0.717) is 6.04 Å². The number of nitrogens with two attached hydrogens (primary N) is 1. The molecule has 14 heavy (non-hydrogen) atoms.